The van der Waals surface area contributed by atoms with Crippen LogP contribution in [-0.4, -0.2) is 36.7 Å². The molecule has 0 aliphatic carbocycles. The molecule has 2 fully saturated rings. The maximum Gasteiger partial charge on any atom is 0.129 e. The van der Waals surface area contributed by atoms with Crippen LogP contribution in [0.1, 0.15) is 24.4 Å². The Kier molecular flexibility index (Phi) is 3.76. The third-order valence-electron chi connectivity index (χ3n) is 4.14. The Morgan fingerprint density at radius 3 is 3.11 bits per heavy atom. The highest BCUT2D eigenvalue weighted by Crippen LogP contribution is 2.29. The Bertz CT molecular complexity index is 471. The molecule has 1 aromatic rings. The summed E-state index contributed by atoms with van der Waals surface area (Å²) < 4.78 is 19.7. The summed E-state index contributed by atoms with van der Waals surface area (Å²) in [5, 5.41) is 0.387. The van der Waals surface area contributed by atoms with Crippen LogP contribution in [0.25, 0.3) is 0 Å². The summed E-state index contributed by atoms with van der Waals surface area (Å²) in [6.45, 7) is 2.59. The third kappa shape index (κ3) is 2.63. The number of rotatable bonds is 2. The third-order valence-corrected chi connectivity index (χ3v) is 4.37. The molecule has 2 saturated heterocycles. The standard InChI is InChI=1S/C14H18ClFN2O/c15-9-3-4-11(12(16)6-9)14(17)13-7-18-5-1-2-10(18)8-19-13/h3-4,6,10,13-14H,1-2,5,7-8,17H2. The highest BCUT2D eigenvalue weighted by molar-refractivity contribution is 6.30. The van der Waals surface area contributed by atoms with Gasteiger partial charge in [0.05, 0.1) is 18.8 Å². The number of benzene rings is 1. The van der Waals surface area contributed by atoms with E-state index in [1.807, 2.05) is 0 Å². The van der Waals surface area contributed by atoms with E-state index in [1.54, 1.807) is 12.1 Å². The topological polar surface area (TPSA) is 38.5 Å². The van der Waals surface area contributed by atoms with Gasteiger partial charge in [-0.3, -0.25) is 4.90 Å². The molecule has 1 aromatic carbocycles. The van der Waals surface area contributed by atoms with Gasteiger partial charge in [-0.15, -0.1) is 0 Å². The van der Waals surface area contributed by atoms with Crippen molar-refractivity contribution in [1.82, 2.24) is 4.90 Å². The first-order valence-corrected chi connectivity index (χ1v) is 7.09. The average Bonchev–Trinajstić information content (AvgIpc) is 2.85. The zero-order chi connectivity index (χ0) is 13.4. The second kappa shape index (κ2) is 5.37. The summed E-state index contributed by atoms with van der Waals surface area (Å²) in [7, 11) is 0. The van der Waals surface area contributed by atoms with Crippen molar-refractivity contribution in [3.05, 3.63) is 34.6 Å². The van der Waals surface area contributed by atoms with Gasteiger partial charge in [0.15, 0.2) is 0 Å². The average molecular weight is 285 g/mol. The zero-order valence-electron chi connectivity index (χ0n) is 10.7. The molecule has 3 rings (SSSR count). The van der Waals surface area contributed by atoms with Crippen molar-refractivity contribution >= 4 is 11.6 Å². The van der Waals surface area contributed by atoms with E-state index in [0.29, 0.717) is 23.2 Å². The lowest BCUT2D eigenvalue weighted by Crippen LogP contribution is -2.49. The number of ether oxygens (including phenoxy) is 1. The summed E-state index contributed by atoms with van der Waals surface area (Å²) in [6.07, 6.45) is 2.26. The normalized spacial score (nSPS) is 29.2. The van der Waals surface area contributed by atoms with Crippen LogP contribution < -0.4 is 5.73 Å². The molecule has 5 heteroatoms. The minimum Gasteiger partial charge on any atom is -0.373 e. The Morgan fingerprint density at radius 1 is 1.47 bits per heavy atom. The Morgan fingerprint density at radius 2 is 2.32 bits per heavy atom. The van der Waals surface area contributed by atoms with E-state index in [-0.39, 0.29) is 11.9 Å². The molecular formula is C14H18ClFN2O. The predicted molar refractivity (Wildman–Crippen MR) is 72.7 cm³/mol. The molecule has 0 radical (unpaired) electrons. The van der Waals surface area contributed by atoms with Crippen LogP contribution in [0.5, 0.6) is 0 Å². The molecule has 0 spiro atoms. The molecule has 2 N–H and O–H groups in total. The molecule has 2 aliphatic rings. The van der Waals surface area contributed by atoms with Crippen molar-refractivity contribution < 1.29 is 9.13 Å². The molecule has 0 saturated carbocycles. The van der Waals surface area contributed by atoms with Crippen molar-refractivity contribution in [2.24, 2.45) is 5.73 Å². The highest BCUT2D eigenvalue weighted by Gasteiger charge is 2.35. The first-order valence-electron chi connectivity index (χ1n) is 6.71. The van der Waals surface area contributed by atoms with E-state index in [9.17, 15) is 4.39 Å². The highest BCUT2D eigenvalue weighted by atomic mass is 35.5. The van der Waals surface area contributed by atoms with Crippen molar-refractivity contribution in [1.29, 1.82) is 0 Å². The monoisotopic (exact) mass is 284 g/mol. The lowest BCUT2D eigenvalue weighted by atomic mass is 9.99. The first-order chi connectivity index (χ1) is 9.15. The first kappa shape index (κ1) is 13.3. The second-order valence-electron chi connectivity index (χ2n) is 5.35. The van der Waals surface area contributed by atoms with E-state index < -0.39 is 6.04 Å². The van der Waals surface area contributed by atoms with E-state index in [2.05, 4.69) is 4.90 Å². The molecule has 0 amide bonds. The summed E-state index contributed by atoms with van der Waals surface area (Å²) in [6, 6.07) is 4.71. The van der Waals surface area contributed by atoms with Gasteiger partial charge < -0.3 is 10.5 Å². The number of nitrogens with zero attached hydrogens (tertiary/aromatic N) is 1. The lowest BCUT2D eigenvalue weighted by Gasteiger charge is -2.37. The summed E-state index contributed by atoms with van der Waals surface area (Å²) in [5.41, 5.74) is 6.65. The fraction of sp³-hybridized carbons (Fsp3) is 0.571. The van der Waals surface area contributed by atoms with Crippen molar-refractivity contribution in [2.75, 3.05) is 19.7 Å². The van der Waals surface area contributed by atoms with Gasteiger partial charge in [0.2, 0.25) is 0 Å². The largest absolute Gasteiger partial charge is 0.373 e. The molecule has 3 atom stereocenters. The number of nitrogens with two attached hydrogens (primary N) is 1. The molecule has 2 aliphatic heterocycles. The number of fused-ring (bicyclic) bond motifs is 1. The van der Waals surface area contributed by atoms with Crippen LogP contribution in [-0.2, 0) is 4.74 Å². The number of morpholine rings is 1. The Balaban J connectivity index is 1.74. The molecule has 3 nitrogen and oxygen atoms in total. The number of hydrogen-bond donors (Lipinski definition) is 1. The quantitative estimate of drug-likeness (QED) is 0.906. The van der Waals surface area contributed by atoms with E-state index in [1.165, 1.54) is 18.9 Å². The van der Waals surface area contributed by atoms with Crippen molar-refractivity contribution in [3.63, 3.8) is 0 Å². The second-order valence-corrected chi connectivity index (χ2v) is 5.79. The van der Waals surface area contributed by atoms with Crippen LogP contribution >= 0.6 is 11.6 Å². The summed E-state index contributed by atoms with van der Waals surface area (Å²) >= 11 is 5.76. The fourth-order valence-corrected chi connectivity index (χ4v) is 3.19. The van der Waals surface area contributed by atoms with E-state index >= 15 is 0 Å². The predicted octanol–water partition coefficient (Wildman–Crippen LogP) is 2.34. The van der Waals surface area contributed by atoms with E-state index in [4.69, 9.17) is 22.1 Å². The molecule has 3 unspecified atom stereocenters. The summed E-state index contributed by atoms with van der Waals surface area (Å²) in [4.78, 5) is 2.40. The number of hydrogen-bond acceptors (Lipinski definition) is 3. The minimum atomic E-state index is -0.446. The van der Waals surface area contributed by atoms with Gasteiger partial charge >= 0.3 is 0 Å². The maximum atomic E-state index is 13.9. The van der Waals surface area contributed by atoms with Crippen LogP contribution in [0.3, 0.4) is 0 Å². The Hall–Kier alpha value is -0.680. The summed E-state index contributed by atoms with van der Waals surface area (Å²) in [5.74, 6) is -0.354. The van der Waals surface area contributed by atoms with Crippen molar-refractivity contribution in [2.45, 2.75) is 31.0 Å². The van der Waals surface area contributed by atoms with Gasteiger partial charge in [-0.2, -0.15) is 0 Å². The van der Waals surface area contributed by atoms with Crippen LogP contribution in [0, 0.1) is 5.82 Å². The van der Waals surface area contributed by atoms with Gasteiger partial charge in [-0.25, -0.2) is 4.39 Å². The Labute approximate surface area is 117 Å². The smallest absolute Gasteiger partial charge is 0.129 e. The van der Waals surface area contributed by atoms with Gasteiger partial charge in [0, 0.05) is 23.2 Å². The zero-order valence-corrected chi connectivity index (χ0v) is 11.4. The molecule has 0 bridgehead atoms. The van der Waals surface area contributed by atoms with Crippen LogP contribution in [0.4, 0.5) is 4.39 Å². The fourth-order valence-electron chi connectivity index (χ4n) is 3.03. The lowest BCUT2D eigenvalue weighted by molar-refractivity contribution is -0.0601. The SMILES string of the molecule is NC(c1ccc(Cl)cc1F)C1CN2CCCC2CO1. The maximum absolute atomic E-state index is 13.9. The minimum absolute atomic E-state index is 0.148. The molecule has 2 heterocycles. The van der Waals surface area contributed by atoms with Crippen LogP contribution in [0.2, 0.25) is 5.02 Å². The van der Waals surface area contributed by atoms with Gasteiger partial charge in [-0.05, 0) is 31.5 Å². The molecule has 104 valence electrons. The number of halogens is 2. The van der Waals surface area contributed by atoms with Gasteiger partial charge in [0.25, 0.3) is 0 Å². The van der Waals surface area contributed by atoms with Gasteiger partial charge in [0.1, 0.15) is 5.82 Å². The van der Waals surface area contributed by atoms with Crippen molar-refractivity contribution in [3.8, 4) is 0 Å². The van der Waals surface area contributed by atoms with Gasteiger partial charge in [-0.1, -0.05) is 17.7 Å². The van der Waals surface area contributed by atoms with E-state index in [0.717, 1.165) is 13.1 Å². The molecular weight excluding hydrogens is 267 g/mol. The van der Waals surface area contributed by atoms with Crippen LogP contribution in [0.15, 0.2) is 18.2 Å². The molecule has 19 heavy (non-hydrogen) atoms. The molecule has 0 aromatic heterocycles.